The van der Waals surface area contributed by atoms with Gasteiger partial charge >= 0.3 is 0 Å². The zero-order valence-corrected chi connectivity index (χ0v) is 11.4. The summed E-state index contributed by atoms with van der Waals surface area (Å²) in [5.41, 5.74) is 2.81. The number of aromatic nitrogens is 2. The van der Waals surface area contributed by atoms with E-state index in [0.717, 1.165) is 5.82 Å². The monoisotopic (exact) mass is 257 g/mol. The van der Waals surface area contributed by atoms with E-state index < -0.39 is 0 Å². The number of nitrogens with one attached hydrogen (secondary N) is 1. The highest BCUT2D eigenvalue weighted by atomic mass is 16.5. The van der Waals surface area contributed by atoms with Crippen LogP contribution < -0.4 is 5.32 Å². The van der Waals surface area contributed by atoms with Crippen molar-refractivity contribution in [3.8, 4) is 0 Å². The lowest BCUT2D eigenvalue weighted by Gasteiger charge is -2.36. The number of aryl methyl sites for hydroxylation is 2. The van der Waals surface area contributed by atoms with Gasteiger partial charge in [0.25, 0.3) is 0 Å². The van der Waals surface area contributed by atoms with E-state index >= 15 is 0 Å². The van der Waals surface area contributed by atoms with Crippen LogP contribution in [-0.4, -0.2) is 16.2 Å². The summed E-state index contributed by atoms with van der Waals surface area (Å²) in [4.78, 5) is 4.19. The molecule has 1 aliphatic rings. The van der Waals surface area contributed by atoms with E-state index in [1.165, 1.54) is 24.0 Å². The van der Waals surface area contributed by atoms with Crippen molar-refractivity contribution in [1.29, 1.82) is 0 Å². The van der Waals surface area contributed by atoms with Gasteiger partial charge in [-0.25, -0.2) is 0 Å². The molecule has 1 fully saturated rings. The molecule has 0 aliphatic heterocycles. The van der Waals surface area contributed by atoms with Crippen molar-refractivity contribution < 1.29 is 4.52 Å². The maximum Gasteiger partial charge on any atom is 0.223 e. The molecule has 4 heteroatoms. The summed E-state index contributed by atoms with van der Waals surface area (Å²) < 4.78 is 4.95. The highest BCUT2D eigenvalue weighted by Gasteiger charge is 2.30. The Morgan fingerprint density at radius 1 is 1.32 bits per heavy atom. The van der Waals surface area contributed by atoms with E-state index in [1.54, 1.807) is 0 Å². The minimum absolute atomic E-state index is 0.573. The van der Waals surface area contributed by atoms with Crippen LogP contribution in [0.5, 0.6) is 0 Å². The van der Waals surface area contributed by atoms with Crippen LogP contribution in [0.4, 0.5) is 0 Å². The molecule has 3 rings (SSSR count). The first-order chi connectivity index (χ1) is 9.20. The van der Waals surface area contributed by atoms with Crippen molar-refractivity contribution in [2.24, 2.45) is 0 Å². The Kier molecular flexibility index (Phi) is 3.34. The van der Waals surface area contributed by atoms with Crippen LogP contribution >= 0.6 is 0 Å². The fourth-order valence-corrected chi connectivity index (χ4v) is 2.63. The van der Waals surface area contributed by atoms with Gasteiger partial charge in [0, 0.05) is 13.0 Å². The lowest BCUT2D eigenvalue weighted by molar-refractivity contribution is 0.285. The highest BCUT2D eigenvalue weighted by molar-refractivity contribution is 5.27. The summed E-state index contributed by atoms with van der Waals surface area (Å²) in [6.07, 6.45) is 2.39. The number of hydrogen-bond acceptors (Lipinski definition) is 4. The second kappa shape index (κ2) is 5.13. The molecular weight excluding hydrogens is 238 g/mol. The van der Waals surface area contributed by atoms with Crippen molar-refractivity contribution in [2.75, 3.05) is 0 Å². The third-order valence-corrected chi connectivity index (χ3v) is 3.77. The predicted octanol–water partition coefficient (Wildman–Crippen LogP) is 2.72. The molecule has 0 bridgehead atoms. The first-order valence-electron chi connectivity index (χ1n) is 6.80. The average molecular weight is 257 g/mol. The molecule has 1 heterocycles. The molecule has 0 unspecified atom stereocenters. The van der Waals surface area contributed by atoms with Gasteiger partial charge in [-0.3, -0.25) is 0 Å². The average Bonchev–Trinajstić information content (AvgIpc) is 2.73. The minimum atomic E-state index is 0.573. The first-order valence-corrected chi connectivity index (χ1v) is 6.80. The SMILES string of the molecule is Cc1cccc(C2CC(NCc3noc(C)n3)C2)c1. The van der Waals surface area contributed by atoms with Crippen molar-refractivity contribution >= 4 is 0 Å². The standard InChI is InChI=1S/C15H19N3O/c1-10-4-3-5-12(6-10)13-7-14(8-13)16-9-15-17-11(2)19-18-15/h3-6,13-14,16H,7-9H2,1-2H3. The van der Waals surface area contributed by atoms with Gasteiger partial charge < -0.3 is 9.84 Å². The summed E-state index contributed by atoms with van der Waals surface area (Å²) in [6, 6.07) is 9.40. The van der Waals surface area contributed by atoms with E-state index in [2.05, 4.69) is 46.6 Å². The van der Waals surface area contributed by atoms with E-state index in [1.807, 2.05) is 6.92 Å². The molecule has 4 nitrogen and oxygen atoms in total. The van der Waals surface area contributed by atoms with Gasteiger partial charge in [0.2, 0.25) is 5.89 Å². The van der Waals surface area contributed by atoms with Crippen molar-refractivity contribution in [2.45, 2.75) is 45.2 Å². The maximum atomic E-state index is 4.95. The number of benzene rings is 1. The highest BCUT2D eigenvalue weighted by Crippen LogP contribution is 2.37. The summed E-state index contributed by atoms with van der Waals surface area (Å²) in [6.45, 7) is 4.66. The summed E-state index contributed by atoms with van der Waals surface area (Å²) in [7, 11) is 0. The number of hydrogen-bond donors (Lipinski definition) is 1. The topological polar surface area (TPSA) is 51.0 Å². The fraction of sp³-hybridized carbons (Fsp3) is 0.467. The fourth-order valence-electron chi connectivity index (χ4n) is 2.63. The molecule has 0 radical (unpaired) electrons. The molecule has 1 N–H and O–H groups in total. The molecule has 0 atom stereocenters. The summed E-state index contributed by atoms with van der Waals surface area (Å²) in [5.74, 6) is 2.07. The lowest BCUT2D eigenvalue weighted by atomic mass is 9.75. The minimum Gasteiger partial charge on any atom is -0.340 e. The van der Waals surface area contributed by atoms with Gasteiger partial charge in [-0.05, 0) is 31.2 Å². The van der Waals surface area contributed by atoms with Crippen LogP contribution in [-0.2, 0) is 6.54 Å². The molecule has 100 valence electrons. The van der Waals surface area contributed by atoms with Crippen molar-refractivity contribution in [3.63, 3.8) is 0 Å². The van der Waals surface area contributed by atoms with Gasteiger partial charge in [-0.15, -0.1) is 0 Å². The molecule has 1 saturated carbocycles. The first kappa shape index (κ1) is 12.4. The van der Waals surface area contributed by atoms with Crippen LogP contribution in [0.15, 0.2) is 28.8 Å². The Bertz CT molecular complexity index is 558. The largest absolute Gasteiger partial charge is 0.340 e. The van der Waals surface area contributed by atoms with E-state index in [-0.39, 0.29) is 0 Å². The molecule has 0 spiro atoms. The normalized spacial score (nSPS) is 22.2. The van der Waals surface area contributed by atoms with E-state index in [9.17, 15) is 0 Å². The van der Waals surface area contributed by atoms with Gasteiger partial charge in [-0.2, -0.15) is 4.98 Å². The molecule has 1 aromatic carbocycles. The van der Waals surface area contributed by atoms with Crippen molar-refractivity contribution in [3.05, 3.63) is 47.1 Å². The zero-order chi connectivity index (χ0) is 13.2. The molecule has 1 aliphatic carbocycles. The molecule has 0 amide bonds. The maximum absolute atomic E-state index is 4.95. The van der Waals surface area contributed by atoms with Crippen LogP contribution in [0.2, 0.25) is 0 Å². The van der Waals surface area contributed by atoms with E-state index in [4.69, 9.17) is 4.52 Å². The van der Waals surface area contributed by atoms with Gasteiger partial charge in [0.1, 0.15) is 0 Å². The van der Waals surface area contributed by atoms with Crippen LogP contribution in [0.1, 0.15) is 41.6 Å². The van der Waals surface area contributed by atoms with E-state index in [0.29, 0.717) is 24.4 Å². The number of rotatable bonds is 4. The second-order valence-corrected chi connectivity index (χ2v) is 5.39. The second-order valence-electron chi connectivity index (χ2n) is 5.39. The smallest absolute Gasteiger partial charge is 0.223 e. The Balaban J connectivity index is 1.48. The molecule has 19 heavy (non-hydrogen) atoms. The summed E-state index contributed by atoms with van der Waals surface area (Å²) in [5, 5.41) is 7.36. The molecule has 1 aromatic heterocycles. The van der Waals surface area contributed by atoms with Gasteiger partial charge in [0.15, 0.2) is 5.82 Å². The predicted molar refractivity (Wildman–Crippen MR) is 72.8 cm³/mol. The van der Waals surface area contributed by atoms with Gasteiger partial charge in [-0.1, -0.05) is 35.0 Å². The van der Waals surface area contributed by atoms with Crippen LogP contribution in [0.3, 0.4) is 0 Å². The third-order valence-electron chi connectivity index (χ3n) is 3.77. The molecular formula is C15H19N3O. The Morgan fingerprint density at radius 3 is 2.84 bits per heavy atom. The zero-order valence-electron chi connectivity index (χ0n) is 11.4. The quantitative estimate of drug-likeness (QED) is 0.915. The third kappa shape index (κ3) is 2.84. The van der Waals surface area contributed by atoms with Gasteiger partial charge in [0.05, 0.1) is 6.54 Å². The van der Waals surface area contributed by atoms with Crippen LogP contribution in [0, 0.1) is 13.8 Å². The Morgan fingerprint density at radius 2 is 2.16 bits per heavy atom. The van der Waals surface area contributed by atoms with Crippen molar-refractivity contribution in [1.82, 2.24) is 15.5 Å². The summed E-state index contributed by atoms with van der Waals surface area (Å²) >= 11 is 0. The number of nitrogens with zero attached hydrogens (tertiary/aromatic N) is 2. The molecule has 2 aromatic rings. The van der Waals surface area contributed by atoms with Crippen LogP contribution in [0.25, 0.3) is 0 Å². The Labute approximate surface area is 113 Å². The Hall–Kier alpha value is -1.68. The lowest BCUT2D eigenvalue weighted by Crippen LogP contribution is -2.39. The molecule has 0 saturated heterocycles.